The van der Waals surface area contributed by atoms with Gasteiger partial charge in [-0.2, -0.15) is 0 Å². The number of para-hydroxylation sites is 1. The van der Waals surface area contributed by atoms with Gasteiger partial charge in [-0.15, -0.1) is 0 Å². The van der Waals surface area contributed by atoms with Gasteiger partial charge in [-0.3, -0.25) is 9.59 Å². The molecule has 0 aliphatic carbocycles. The number of likely N-dealkylation sites (tertiary alicyclic amines) is 1. The second kappa shape index (κ2) is 11.1. The monoisotopic (exact) mass is 503 g/mol. The number of Topliss-reactive ketones (excluding diaryl/α,β-unsaturated/α-hetero) is 1. The molecule has 1 aliphatic heterocycles. The number of carbonyl (C=O) groups excluding carboxylic acids is 3. The zero-order valence-corrected chi connectivity index (χ0v) is 21.0. The maximum atomic E-state index is 14.3. The van der Waals surface area contributed by atoms with Gasteiger partial charge in [0.15, 0.2) is 5.78 Å². The highest BCUT2D eigenvalue weighted by molar-refractivity contribution is 6.03. The molecule has 2 N–H and O–H groups in total. The normalized spacial score (nSPS) is 20.5. The topological polar surface area (TPSA) is 78.5 Å². The molecule has 1 heterocycles. The third kappa shape index (κ3) is 4.81. The molecule has 0 bridgehead atoms. The molecule has 4 atom stereocenters. The Morgan fingerprint density at radius 3 is 1.71 bits per heavy atom. The highest BCUT2D eigenvalue weighted by atomic mass is 16.2. The molecule has 6 heteroatoms. The average Bonchev–Trinajstić information content (AvgIpc) is 3.34. The Bertz CT molecular complexity index is 1400. The fourth-order valence-corrected chi connectivity index (χ4v) is 5.50. The molecular weight excluding hydrogens is 474 g/mol. The van der Waals surface area contributed by atoms with Crippen LogP contribution in [0.3, 0.4) is 0 Å². The van der Waals surface area contributed by atoms with Gasteiger partial charge >= 0.3 is 6.03 Å². The molecule has 4 aromatic carbocycles. The van der Waals surface area contributed by atoms with Crippen LogP contribution in [0, 0.1) is 5.92 Å². The Morgan fingerprint density at radius 2 is 1.16 bits per heavy atom. The van der Waals surface area contributed by atoms with Crippen LogP contribution in [0.15, 0.2) is 121 Å². The maximum absolute atomic E-state index is 14.3. The molecule has 1 fully saturated rings. The van der Waals surface area contributed by atoms with E-state index >= 15 is 0 Å². The van der Waals surface area contributed by atoms with Crippen LogP contribution in [-0.2, 0) is 4.79 Å². The number of amides is 3. The molecular formula is C32H29N3O3. The summed E-state index contributed by atoms with van der Waals surface area (Å²) in [5.41, 5.74) is 2.76. The number of hydrogen-bond acceptors (Lipinski definition) is 3. The van der Waals surface area contributed by atoms with Crippen molar-refractivity contribution in [3.8, 4) is 0 Å². The SMILES string of the molecule is CNC(=O)C1C(c2ccccc2)C(C(=O)c2ccccc2)C(c2ccccc2)N1C(=O)Nc1ccccc1. The molecule has 6 nitrogen and oxygen atoms in total. The molecule has 4 aromatic rings. The molecule has 1 saturated heterocycles. The summed E-state index contributed by atoms with van der Waals surface area (Å²) in [5, 5.41) is 5.71. The Morgan fingerprint density at radius 1 is 0.658 bits per heavy atom. The lowest BCUT2D eigenvalue weighted by atomic mass is 9.76. The highest BCUT2D eigenvalue weighted by Crippen LogP contribution is 2.51. The molecule has 5 rings (SSSR count). The number of urea groups is 1. The van der Waals surface area contributed by atoms with Crippen LogP contribution in [0.25, 0.3) is 0 Å². The number of benzene rings is 4. The van der Waals surface area contributed by atoms with E-state index in [4.69, 9.17) is 0 Å². The molecule has 0 radical (unpaired) electrons. The van der Waals surface area contributed by atoms with E-state index in [0.29, 0.717) is 11.3 Å². The van der Waals surface area contributed by atoms with Crippen molar-refractivity contribution in [2.45, 2.75) is 18.0 Å². The van der Waals surface area contributed by atoms with Crippen molar-refractivity contribution in [2.24, 2.45) is 5.92 Å². The van der Waals surface area contributed by atoms with Crippen LogP contribution < -0.4 is 10.6 Å². The van der Waals surface area contributed by atoms with Crippen molar-refractivity contribution < 1.29 is 14.4 Å². The summed E-state index contributed by atoms with van der Waals surface area (Å²) in [6, 6.07) is 35.2. The van der Waals surface area contributed by atoms with Crippen LogP contribution in [0.5, 0.6) is 0 Å². The minimum Gasteiger partial charge on any atom is -0.357 e. The smallest absolute Gasteiger partial charge is 0.323 e. The summed E-state index contributed by atoms with van der Waals surface area (Å²) in [6.45, 7) is 0. The van der Waals surface area contributed by atoms with E-state index in [-0.39, 0.29) is 11.7 Å². The first-order chi connectivity index (χ1) is 18.6. The Hall–Kier alpha value is -4.71. The predicted octanol–water partition coefficient (Wildman–Crippen LogP) is 5.67. The van der Waals surface area contributed by atoms with Crippen LogP contribution in [0.4, 0.5) is 10.5 Å². The van der Waals surface area contributed by atoms with E-state index < -0.39 is 30.0 Å². The van der Waals surface area contributed by atoms with E-state index in [9.17, 15) is 14.4 Å². The molecule has 3 amide bonds. The van der Waals surface area contributed by atoms with Crippen molar-refractivity contribution in [2.75, 3.05) is 12.4 Å². The zero-order chi connectivity index (χ0) is 26.5. The standard InChI is InChI=1S/C32H29N3O3/c1-33-31(37)29-26(22-14-6-2-7-15-22)27(30(36)24-18-10-4-11-19-24)28(23-16-8-3-9-17-23)35(29)32(38)34-25-20-12-5-13-21-25/h2-21,26-29H,1H3,(H,33,37)(H,34,38). The first kappa shape index (κ1) is 25.0. The van der Waals surface area contributed by atoms with Gasteiger partial charge in [-0.1, -0.05) is 109 Å². The van der Waals surface area contributed by atoms with E-state index in [1.54, 1.807) is 36.2 Å². The van der Waals surface area contributed by atoms with E-state index in [2.05, 4.69) is 10.6 Å². The lowest BCUT2D eigenvalue weighted by Gasteiger charge is -2.31. The van der Waals surface area contributed by atoms with E-state index in [1.807, 2.05) is 97.1 Å². The van der Waals surface area contributed by atoms with Gasteiger partial charge in [0.1, 0.15) is 6.04 Å². The second-order valence-electron chi connectivity index (χ2n) is 9.31. The molecule has 38 heavy (non-hydrogen) atoms. The van der Waals surface area contributed by atoms with Crippen LogP contribution in [-0.4, -0.2) is 35.7 Å². The summed E-state index contributed by atoms with van der Waals surface area (Å²) in [4.78, 5) is 43.5. The zero-order valence-electron chi connectivity index (χ0n) is 21.0. The van der Waals surface area contributed by atoms with Gasteiger partial charge < -0.3 is 15.5 Å². The number of anilines is 1. The predicted molar refractivity (Wildman–Crippen MR) is 148 cm³/mol. The van der Waals surface area contributed by atoms with Crippen LogP contribution >= 0.6 is 0 Å². The maximum Gasteiger partial charge on any atom is 0.323 e. The van der Waals surface area contributed by atoms with Gasteiger partial charge in [0, 0.05) is 24.2 Å². The summed E-state index contributed by atoms with van der Waals surface area (Å²) < 4.78 is 0. The quantitative estimate of drug-likeness (QED) is 0.333. The Labute approximate surface area is 222 Å². The first-order valence-electron chi connectivity index (χ1n) is 12.6. The number of ketones is 1. The highest BCUT2D eigenvalue weighted by Gasteiger charge is 2.57. The molecule has 0 aromatic heterocycles. The van der Waals surface area contributed by atoms with Crippen LogP contribution in [0.1, 0.15) is 33.4 Å². The van der Waals surface area contributed by atoms with E-state index in [1.165, 1.54) is 0 Å². The lowest BCUT2D eigenvalue weighted by Crippen LogP contribution is -2.49. The third-order valence-electron chi connectivity index (χ3n) is 7.13. The van der Waals surface area contributed by atoms with Gasteiger partial charge in [-0.25, -0.2) is 4.79 Å². The van der Waals surface area contributed by atoms with Crippen LogP contribution in [0.2, 0.25) is 0 Å². The molecule has 0 spiro atoms. The summed E-state index contributed by atoms with van der Waals surface area (Å²) in [7, 11) is 1.56. The minimum absolute atomic E-state index is 0.114. The molecule has 4 unspecified atom stereocenters. The Kier molecular flexibility index (Phi) is 7.31. The van der Waals surface area contributed by atoms with Crippen molar-refractivity contribution in [1.29, 1.82) is 0 Å². The molecule has 0 saturated carbocycles. The minimum atomic E-state index is -0.922. The number of nitrogens with zero attached hydrogens (tertiary/aromatic N) is 1. The molecule has 1 aliphatic rings. The summed E-state index contributed by atoms with van der Waals surface area (Å²) >= 11 is 0. The molecule has 190 valence electrons. The number of likely N-dealkylation sites (N-methyl/N-ethyl adjacent to an activating group) is 1. The van der Waals surface area contributed by atoms with Gasteiger partial charge in [0.05, 0.1) is 12.0 Å². The van der Waals surface area contributed by atoms with Crippen molar-refractivity contribution >= 4 is 23.4 Å². The number of hydrogen-bond donors (Lipinski definition) is 2. The van der Waals surface area contributed by atoms with Crippen molar-refractivity contribution in [3.63, 3.8) is 0 Å². The Balaban J connectivity index is 1.72. The number of carbonyl (C=O) groups is 3. The fraction of sp³-hybridized carbons (Fsp3) is 0.156. The largest absolute Gasteiger partial charge is 0.357 e. The first-order valence-corrected chi connectivity index (χ1v) is 12.6. The summed E-state index contributed by atoms with van der Waals surface area (Å²) in [5.74, 6) is -1.72. The van der Waals surface area contributed by atoms with Crippen molar-refractivity contribution in [3.05, 3.63) is 138 Å². The van der Waals surface area contributed by atoms with Crippen molar-refractivity contribution in [1.82, 2.24) is 10.2 Å². The van der Waals surface area contributed by atoms with E-state index in [0.717, 1.165) is 11.1 Å². The number of nitrogens with one attached hydrogen (secondary N) is 2. The third-order valence-corrected chi connectivity index (χ3v) is 7.13. The van der Waals surface area contributed by atoms with Gasteiger partial charge in [-0.05, 0) is 23.3 Å². The second-order valence-corrected chi connectivity index (χ2v) is 9.31. The van der Waals surface area contributed by atoms with Gasteiger partial charge in [0.2, 0.25) is 5.91 Å². The van der Waals surface area contributed by atoms with Gasteiger partial charge in [0.25, 0.3) is 0 Å². The number of rotatable bonds is 6. The fourth-order valence-electron chi connectivity index (χ4n) is 5.50. The summed E-state index contributed by atoms with van der Waals surface area (Å²) in [6.07, 6.45) is 0. The lowest BCUT2D eigenvalue weighted by molar-refractivity contribution is -0.124. The average molecular weight is 504 g/mol.